The second-order valence-electron chi connectivity index (χ2n) is 9.13. The third-order valence-corrected chi connectivity index (χ3v) is 7.52. The minimum Gasteiger partial charge on any atom is -0.372 e. The van der Waals surface area contributed by atoms with Gasteiger partial charge in [-0.2, -0.15) is 0 Å². The number of aromatic nitrogens is 3. The van der Waals surface area contributed by atoms with Crippen molar-refractivity contribution >= 4 is 35.0 Å². The number of hydrogen-bond donors (Lipinski definition) is 1. The first-order valence-corrected chi connectivity index (χ1v) is 12.6. The fraction of sp³-hybridized carbons (Fsp3) is 0.609. The molecule has 3 heterocycles. The number of carbonyl (C=O) groups excluding carboxylic acids is 1. The fourth-order valence-electron chi connectivity index (χ4n) is 4.50. The summed E-state index contributed by atoms with van der Waals surface area (Å²) in [5.41, 5.74) is 2.09. The van der Waals surface area contributed by atoms with Crippen molar-refractivity contribution in [1.82, 2.24) is 14.8 Å². The summed E-state index contributed by atoms with van der Waals surface area (Å²) in [7, 11) is 0. The molecule has 31 heavy (non-hydrogen) atoms. The third kappa shape index (κ3) is 4.84. The Morgan fingerprint density at radius 1 is 1.00 bits per heavy atom. The minimum absolute atomic E-state index is 0.00221. The molecule has 1 aromatic heterocycles. The van der Waals surface area contributed by atoms with Crippen molar-refractivity contribution in [1.29, 1.82) is 0 Å². The van der Waals surface area contributed by atoms with Crippen LogP contribution >= 0.6 is 11.8 Å². The van der Waals surface area contributed by atoms with Crippen LogP contribution in [0.15, 0.2) is 29.4 Å². The van der Waals surface area contributed by atoms with Gasteiger partial charge in [-0.15, -0.1) is 10.2 Å². The van der Waals surface area contributed by atoms with Gasteiger partial charge in [0.2, 0.25) is 11.9 Å². The van der Waals surface area contributed by atoms with E-state index in [1.807, 2.05) is 12.1 Å². The Bertz CT molecular complexity index is 895. The molecule has 8 heteroatoms. The number of amides is 1. The van der Waals surface area contributed by atoms with Crippen LogP contribution in [0.4, 0.5) is 17.3 Å². The Morgan fingerprint density at radius 2 is 1.71 bits per heavy atom. The van der Waals surface area contributed by atoms with E-state index in [2.05, 4.69) is 48.9 Å². The number of hydrogen-bond acceptors (Lipinski definition) is 6. The van der Waals surface area contributed by atoms with Crippen molar-refractivity contribution in [2.75, 3.05) is 47.0 Å². The molecule has 3 fully saturated rings. The van der Waals surface area contributed by atoms with Crippen molar-refractivity contribution < 1.29 is 4.79 Å². The number of thioether (sulfide) groups is 1. The number of carbonyl (C=O) groups is 1. The lowest BCUT2D eigenvalue weighted by Crippen LogP contribution is -2.34. The van der Waals surface area contributed by atoms with Crippen LogP contribution in [-0.4, -0.2) is 52.6 Å². The van der Waals surface area contributed by atoms with Gasteiger partial charge in [-0.05, 0) is 68.7 Å². The highest BCUT2D eigenvalue weighted by Gasteiger charge is 2.32. The minimum atomic E-state index is -0.00221. The molecule has 1 N–H and O–H groups in total. The predicted octanol–water partition coefficient (Wildman–Crippen LogP) is 4.18. The van der Waals surface area contributed by atoms with Gasteiger partial charge in [0.1, 0.15) is 0 Å². The summed E-state index contributed by atoms with van der Waals surface area (Å²) in [6.07, 6.45) is 7.30. The lowest BCUT2D eigenvalue weighted by atomic mass is 10.00. The molecule has 5 rings (SSSR count). The first-order chi connectivity index (χ1) is 15.2. The largest absolute Gasteiger partial charge is 0.372 e. The highest BCUT2D eigenvalue weighted by Crippen LogP contribution is 2.41. The summed E-state index contributed by atoms with van der Waals surface area (Å²) in [6, 6.07) is 8.69. The van der Waals surface area contributed by atoms with E-state index in [1.165, 1.54) is 56.0 Å². The van der Waals surface area contributed by atoms with Crippen molar-refractivity contribution in [3.8, 4) is 0 Å². The smallest absolute Gasteiger partial charge is 0.234 e. The molecule has 1 amide bonds. The molecule has 0 unspecified atom stereocenters. The number of anilines is 3. The maximum absolute atomic E-state index is 12.6. The SMILES string of the molecule is CC1CCN(c2nnc(SCC(=O)Nc3ccc(N4CCCC4)cc3)n2C2CC2)CC1. The molecule has 1 saturated carbocycles. The second-order valence-corrected chi connectivity index (χ2v) is 10.1. The van der Waals surface area contributed by atoms with Gasteiger partial charge in [0.15, 0.2) is 5.16 Å². The Labute approximate surface area is 188 Å². The summed E-state index contributed by atoms with van der Waals surface area (Å²) >= 11 is 1.49. The van der Waals surface area contributed by atoms with E-state index in [0.29, 0.717) is 11.8 Å². The van der Waals surface area contributed by atoms with Crippen LogP contribution in [0, 0.1) is 5.92 Å². The molecule has 2 saturated heterocycles. The second kappa shape index (κ2) is 9.10. The average molecular weight is 441 g/mol. The zero-order chi connectivity index (χ0) is 21.2. The quantitative estimate of drug-likeness (QED) is 0.652. The Kier molecular flexibility index (Phi) is 6.07. The molecule has 2 aliphatic heterocycles. The van der Waals surface area contributed by atoms with Gasteiger partial charge in [-0.1, -0.05) is 18.7 Å². The lowest BCUT2D eigenvalue weighted by Gasteiger charge is -2.31. The third-order valence-electron chi connectivity index (χ3n) is 6.58. The Balaban J connectivity index is 1.18. The molecule has 2 aromatic rings. The van der Waals surface area contributed by atoms with Gasteiger partial charge in [-0.3, -0.25) is 9.36 Å². The van der Waals surface area contributed by atoms with Crippen LogP contribution in [0.2, 0.25) is 0 Å². The first-order valence-electron chi connectivity index (χ1n) is 11.6. The molecule has 166 valence electrons. The van der Waals surface area contributed by atoms with E-state index in [4.69, 9.17) is 0 Å². The van der Waals surface area contributed by atoms with Crippen molar-refractivity contribution in [3.05, 3.63) is 24.3 Å². The summed E-state index contributed by atoms with van der Waals surface area (Å²) in [5.74, 6) is 2.12. The molecule has 1 aromatic carbocycles. The number of piperidine rings is 1. The lowest BCUT2D eigenvalue weighted by molar-refractivity contribution is -0.113. The van der Waals surface area contributed by atoms with Gasteiger partial charge in [0, 0.05) is 43.6 Å². The van der Waals surface area contributed by atoms with Gasteiger partial charge < -0.3 is 15.1 Å². The number of nitrogens with zero attached hydrogens (tertiary/aromatic N) is 5. The monoisotopic (exact) mass is 440 g/mol. The van der Waals surface area contributed by atoms with Crippen molar-refractivity contribution in [2.24, 2.45) is 5.92 Å². The molecule has 1 aliphatic carbocycles. The fourth-order valence-corrected chi connectivity index (χ4v) is 5.30. The molecule has 3 aliphatic rings. The van der Waals surface area contributed by atoms with Crippen LogP contribution < -0.4 is 15.1 Å². The molecular weight excluding hydrogens is 408 g/mol. The van der Waals surface area contributed by atoms with Crippen LogP contribution in [0.5, 0.6) is 0 Å². The molecule has 7 nitrogen and oxygen atoms in total. The topological polar surface area (TPSA) is 66.3 Å². The van der Waals surface area contributed by atoms with Crippen molar-refractivity contribution in [2.45, 2.75) is 56.6 Å². The van der Waals surface area contributed by atoms with Gasteiger partial charge in [-0.25, -0.2) is 0 Å². The van der Waals surface area contributed by atoms with Gasteiger partial charge in [0.25, 0.3) is 0 Å². The summed E-state index contributed by atoms with van der Waals surface area (Å²) < 4.78 is 2.28. The molecule has 0 atom stereocenters. The van der Waals surface area contributed by atoms with Crippen LogP contribution in [0.3, 0.4) is 0 Å². The Morgan fingerprint density at radius 3 is 2.39 bits per heavy atom. The van der Waals surface area contributed by atoms with E-state index in [-0.39, 0.29) is 5.91 Å². The van der Waals surface area contributed by atoms with Crippen LogP contribution in [-0.2, 0) is 4.79 Å². The molecule has 0 bridgehead atoms. The van der Waals surface area contributed by atoms with E-state index >= 15 is 0 Å². The predicted molar refractivity (Wildman–Crippen MR) is 126 cm³/mol. The highest BCUT2D eigenvalue weighted by molar-refractivity contribution is 7.99. The molecule has 0 spiro atoms. The van der Waals surface area contributed by atoms with Gasteiger partial charge >= 0.3 is 0 Å². The summed E-state index contributed by atoms with van der Waals surface area (Å²) in [4.78, 5) is 17.3. The number of nitrogens with one attached hydrogen (secondary N) is 1. The standard InChI is InChI=1S/C23H32N6OS/c1-17-10-14-28(15-11-17)22-25-26-23(29(22)20-8-9-20)31-16-21(30)24-18-4-6-19(7-5-18)27-12-2-3-13-27/h4-7,17,20H,2-3,8-16H2,1H3,(H,24,30). The van der Waals surface area contributed by atoms with E-state index < -0.39 is 0 Å². The number of benzene rings is 1. The highest BCUT2D eigenvalue weighted by atomic mass is 32.2. The van der Waals surface area contributed by atoms with E-state index in [1.54, 1.807) is 0 Å². The average Bonchev–Trinajstić information content (AvgIpc) is 3.30. The first kappa shape index (κ1) is 20.7. The maximum atomic E-state index is 12.6. The van der Waals surface area contributed by atoms with E-state index in [0.717, 1.165) is 48.9 Å². The van der Waals surface area contributed by atoms with Gasteiger partial charge in [0.05, 0.1) is 5.75 Å². The molecule has 0 radical (unpaired) electrons. The number of rotatable bonds is 7. The molecular formula is C23H32N6OS. The van der Waals surface area contributed by atoms with Crippen molar-refractivity contribution in [3.63, 3.8) is 0 Å². The normalized spacial score (nSPS) is 19.8. The zero-order valence-corrected chi connectivity index (χ0v) is 19.1. The van der Waals surface area contributed by atoms with E-state index in [9.17, 15) is 4.79 Å². The maximum Gasteiger partial charge on any atom is 0.234 e. The Hall–Kier alpha value is -2.22. The van der Waals surface area contributed by atoms with Crippen LogP contribution in [0.25, 0.3) is 0 Å². The van der Waals surface area contributed by atoms with Crippen LogP contribution in [0.1, 0.15) is 51.5 Å². The summed E-state index contributed by atoms with van der Waals surface area (Å²) in [5, 5.41) is 12.9. The summed E-state index contributed by atoms with van der Waals surface area (Å²) in [6.45, 7) is 6.67. The zero-order valence-electron chi connectivity index (χ0n) is 18.3.